The number of rotatable bonds is 6. The summed E-state index contributed by atoms with van der Waals surface area (Å²) < 4.78 is 10.4. The van der Waals surface area contributed by atoms with Crippen LogP contribution in [0.3, 0.4) is 0 Å². The summed E-state index contributed by atoms with van der Waals surface area (Å²) in [5.74, 6) is 1.68. The smallest absolute Gasteiger partial charge is 0.255 e. The topological polar surface area (TPSA) is 67.9 Å². The molecule has 0 radical (unpaired) electrons. The molecule has 1 aliphatic heterocycles. The second-order valence-electron chi connectivity index (χ2n) is 6.93. The highest BCUT2D eigenvalue weighted by Crippen LogP contribution is 2.42. The predicted molar refractivity (Wildman–Crippen MR) is 123 cm³/mol. The fourth-order valence-corrected chi connectivity index (χ4v) is 4.58. The van der Waals surface area contributed by atoms with Crippen molar-refractivity contribution in [1.82, 2.24) is 0 Å². The van der Waals surface area contributed by atoms with Crippen LogP contribution >= 0.6 is 11.8 Å². The standard InChI is InChI=1S/C24H22N2O4S/c1-29-20-10-6-16(7-11-20)23(28)25-18-5-3-4-17(14-18)24-26(22(27)15-31-24)19-8-12-21(30-2)13-9-19/h3-14,24H,15H2,1-2H3,(H,25,28)/t24-/m0/s1. The average molecular weight is 435 g/mol. The Kier molecular flexibility index (Phi) is 6.13. The molecule has 3 aromatic rings. The molecule has 0 spiro atoms. The van der Waals surface area contributed by atoms with Gasteiger partial charge in [0.25, 0.3) is 5.91 Å². The number of benzene rings is 3. The lowest BCUT2D eigenvalue weighted by Crippen LogP contribution is -2.27. The number of ether oxygens (including phenoxy) is 2. The third-order valence-corrected chi connectivity index (χ3v) is 6.21. The van der Waals surface area contributed by atoms with Crippen LogP contribution < -0.4 is 19.7 Å². The molecule has 0 aliphatic carbocycles. The zero-order chi connectivity index (χ0) is 21.8. The normalized spacial score (nSPS) is 15.6. The van der Waals surface area contributed by atoms with E-state index in [0.717, 1.165) is 17.0 Å². The molecule has 1 heterocycles. The number of anilines is 2. The number of hydrogen-bond donors (Lipinski definition) is 1. The van der Waals surface area contributed by atoms with Crippen LogP contribution in [-0.2, 0) is 4.79 Å². The fourth-order valence-electron chi connectivity index (χ4n) is 3.41. The zero-order valence-corrected chi connectivity index (χ0v) is 18.0. The number of carbonyl (C=O) groups excluding carboxylic acids is 2. The van der Waals surface area contributed by atoms with E-state index in [9.17, 15) is 9.59 Å². The van der Waals surface area contributed by atoms with Gasteiger partial charge in [0.2, 0.25) is 5.91 Å². The van der Waals surface area contributed by atoms with E-state index in [2.05, 4.69) is 5.32 Å². The van der Waals surface area contributed by atoms with Gasteiger partial charge in [0.1, 0.15) is 16.9 Å². The van der Waals surface area contributed by atoms with E-state index in [1.807, 2.05) is 48.5 Å². The summed E-state index contributed by atoms with van der Waals surface area (Å²) in [5.41, 5.74) is 2.97. The van der Waals surface area contributed by atoms with Crippen molar-refractivity contribution in [2.75, 3.05) is 30.2 Å². The van der Waals surface area contributed by atoms with Crippen LogP contribution in [0.25, 0.3) is 0 Å². The third-order valence-electron chi connectivity index (χ3n) is 5.00. The largest absolute Gasteiger partial charge is 0.497 e. The predicted octanol–water partition coefficient (Wildman–Crippen LogP) is 4.73. The average Bonchev–Trinajstić information content (AvgIpc) is 3.20. The van der Waals surface area contributed by atoms with E-state index < -0.39 is 0 Å². The Balaban J connectivity index is 1.54. The summed E-state index contributed by atoms with van der Waals surface area (Å²) in [5, 5.41) is 2.76. The van der Waals surface area contributed by atoms with Gasteiger partial charge < -0.3 is 14.8 Å². The summed E-state index contributed by atoms with van der Waals surface area (Å²) in [4.78, 5) is 27.0. The maximum Gasteiger partial charge on any atom is 0.255 e. The Bertz CT molecular complexity index is 1080. The van der Waals surface area contributed by atoms with Gasteiger partial charge in [-0.3, -0.25) is 14.5 Å². The van der Waals surface area contributed by atoms with Gasteiger partial charge in [-0.05, 0) is 66.2 Å². The Hall–Kier alpha value is -3.45. The van der Waals surface area contributed by atoms with Gasteiger partial charge in [0.15, 0.2) is 0 Å². The highest BCUT2D eigenvalue weighted by atomic mass is 32.2. The molecule has 0 bridgehead atoms. The quantitative estimate of drug-likeness (QED) is 0.607. The molecule has 0 saturated carbocycles. The molecule has 31 heavy (non-hydrogen) atoms. The van der Waals surface area contributed by atoms with Crippen LogP contribution in [0.4, 0.5) is 11.4 Å². The summed E-state index contributed by atoms with van der Waals surface area (Å²) in [6, 6.07) is 22.0. The first-order valence-electron chi connectivity index (χ1n) is 9.72. The number of carbonyl (C=O) groups is 2. The molecular formula is C24H22N2O4S. The summed E-state index contributed by atoms with van der Waals surface area (Å²) in [6.45, 7) is 0. The van der Waals surface area contributed by atoms with Crippen LogP contribution in [-0.4, -0.2) is 31.8 Å². The fraction of sp³-hybridized carbons (Fsp3) is 0.167. The molecule has 1 saturated heterocycles. The lowest BCUT2D eigenvalue weighted by Gasteiger charge is -2.25. The summed E-state index contributed by atoms with van der Waals surface area (Å²) >= 11 is 1.56. The molecule has 1 N–H and O–H groups in total. The monoisotopic (exact) mass is 434 g/mol. The van der Waals surface area contributed by atoms with Gasteiger partial charge in [-0.25, -0.2) is 0 Å². The van der Waals surface area contributed by atoms with Crippen molar-refractivity contribution in [2.45, 2.75) is 5.37 Å². The van der Waals surface area contributed by atoms with E-state index in [1.165, 1.54) is 0 Å². The third kappa shape index (κ3) is 4.51. The van der Waals surface area contributed by atoms with E-state index in [4.69, 9.17) is 9.47 Å². The SMILES string of the molecule is COc1ccc(C(=O)Nc2cccc([C@@H]3SCC(=O)N3c3ccc(OC)cc3)c2)cc1. The van der Waals surface area contributed by atoms with Gasteiger partial charge in [-0.2, -0.15) is 0 Å². The molecular weight excluding hydrogens is 412 g/mol. The number of amides is 2. The summed E-state index contributed by atoms with van der Waals surface area (Å²) in [6.07, 6.45) is 0. The number of methoxy groups -OCH3 is 2. The first-order valence-corrected chi connectivity index (χ1v) is 10.8. The van der Waals surface area contributed by atoms with Gasteiger partial charge in [0.05, 0.1) is 20.0 Å². The molecule has 0 aromatic heterocycles. The van der Waals surface area contributed by atoms with E-state index in [-0.39, 0.29) is 17.2 Å². The van der Waals surface area contributed by atoms with Gasteiger partial charge in [0, 0.05) is 16.9 Å². The van der Waals surface area contributed by atoms with Crippen LogP contribution in [0.1, 0.15) is 21.3 Å². The number of nitrogens with one attached hydrogen (secondary N) is 1. The molecule has 0 unspecified atom stereocenters. The van der Waals surface area contributed by atoms with Gasteiger partial charge >= 0.3 is 0 Å². The van der Waals surface area contributed by atoms with Crippen LogP contribution in [0.5, 0.6) is 11.5 Å². The first-order chi connectivity index (χ1) is 15.1. The Morgan fingerprint density at radius 1 is 0.968 bits per heavy atom. The molecule has 1 aliphatic rings. The highest BCUT2D eigenvalue weighted by molar-refractivity contribution is 8.00. The van der Waals surface area contributed by atoms with Crippen molar-refractivity contribution in [3.05, 3.63) is 83.9 Å². The van der Waals surface area contributed by atoms with E-state index in [1.54, 1.807) is 55.1 Å². The lowest BCUT2D eigenvalue weighted by atomic mass is 10.1. The van der Waals surface area contributed by atoms with Gasteiger partial charge in [-0.1, -0.05) is 12.1 Å². The van der Waals surface area contributed by atoms with Crippen molar-refractivity contribution in [3.63, 3.8) is 0 Å². The number of hydrogen-bond acceptors (Lipinski definition) is 5. The molecule has 6 nitrogen and oxygen atoms in total. The van der Waals surface area contributed by atoms with Crippen molar-refractivity contribution in [2.24, 2.45) is 0 Å². The maximum absolute atomic E-state index is 12.6. The Morgan fingerprint density at radius 3 is 2.26 bits per heavy atom. The van der Waals surface area contributed by atoms with Crippen molar-refractivity contribution < 1.29 is 19.1 Å². The van der Waals surface area contributed by atoms with Crippen LogP contribution in [0.15, 0.2) is 72.8 Å². The Morgan fingerprint density at radius 2 is 1.61 bits per heavy atom. The number of nitrogens with zero attached hydrogens (tertiary/aromatic N) is 1. The second kappa shape index (κ2) is 9.14. The molecule has 7 heteroatoms. The molecule has 3 aromatic carbocycles. The minimum atomic E-state index is -0.207. The van der Waals surface area contributed by atoms with Crippen LogP contribution in [0, 0.1) is 0 Å². The van der Waals surface area contributed by atoms with Crippen LogP contribution in [0.2, 0.25) is 0 Å². The Labute approximate surface area is 185 Å². The minimum absolute atomic E-state index is 0.0489. The zero-order valence-electron chi connectivity index (χ0n) is 17.2. The molecule has 1 atom stereocenters. The molecule has 4 rings (SSSR count). The maximum atomic E-state index is 12.6. The van der Waals surface area contributed by atoms with Crippen molar-refractivity contribution >= 4 is 35.0 Å². The van der Waals surface area contributed by atoms with Gasteiger partial charge in [-0.15, -0.1) is 11.8 Å². The summed E-state index contributed by atoms with van der Waals surface area (Å²) in [7, 11) is 3.20. The minimum Gasteiger partial charge on any atom is -0.497 e. The lowest BCUT2D eigenvalue weighted by molar-refractivity contribution is -0.115. The molecule has 1 fully saturated rings. The van der Waals surface area contributed by atoms with Crippen molar-refractivity contribution in [3.8, 4) is 11.5 Å². The highest BCUT2D eigenvalue weighted by Gasteiger charge is 2.34. The second-order valence-corrected chi connectivity index (χ2v) is 8.00. The molecule has 158 valence electrons. The molecule has 2 amide bonds. The first kappa shape index (κ1) is 20.8. The van der Waals surface area contributed by atoms with E-state index >= 15 is 0 Å². The van der Waals surface area contributed by atoms with E-state index in [0.29, 0.717) is 22.8 Å². The van der Waals surface area contributed by atoms with Crippen molar-refractivity contribution in [1.29, 1.82) is 0 Å². The number of thioether (sulfide) groups is 1.